The topological polar surface area (TPSA) is 124 Å². The van der Waals surface area contributed by atoms with Gasteiger partial charge in [0.25, 0.3) is 5.69 Å². The second kappa shape index (κ2) is 9.01. The number of allylic oxidation sites excluding steroid dienone is 2. The van der Waals surface area contributed by atoms with Crippen molar-refractivity contribution < 1.29 is 28.8 Å². The zero-order valence-corrected chi connectivity index (χ0v) is 18.6. The molecule has 1 aliphatic heterocycles. The molecule has 0 saturated carbocycles. The first-order valence-corrected chi connectivity index (χ1v) is 10.8. The summed E-state index contributed by atoms with van der Waals surface area (Å²) < 4.78 is 5.10. The zero-order valence-electron chi connectivity index (χ0n) is 18.6. The molecule has 0 unspecified atom stereocenters. The van der Waals surface area contributed by atoms with Gasteiger partial charge in [-0.05, 0) is 37.5 Å². The Bertz CT molecular complexity index is 1250. The number of benzene rings is 2. The third-order valence-electron chi connectivity index (χ3n) is 6.27. The van der Waals surface area contributed by atoms with E-state index in [9.17, 15) is 29.3 Å². The lowest BCUT2D eigenvalue weighted by Crippen LogP contribution is -2.31. The van der Waals surface area contributed by atoms with Gasteiger partial charge in [-0.3, -0.25) is 29.4 Å². The quantitative estimate of drug-likeness (QED) is 0.160. The maximum Gasteiger partial charge on any atom is 0.338 e. The largest absolute Gasteiger partial charge is 0.454 e. The Kier molecular flexibility index (Phi) is 6.10. The number of rotatable bonds is 6. The molecule has 9 heteroatoms. The van der Waals surface area contributed by atoms with Crippen LogP contribution >= 0.6 is 0 Å². The van der Waals surface area contributed by atoms with Gasteiger partial charge in [0, 0.05) is 17.2 Å². The fourth-order valence-electron chi connectivity index (χ4n) is 4.45. The Morgan fingerprint density at radius 3 is 2.59 bits per heavy atom. The van der Waals surface area contributed by atoms with E-state index in [0.717, 1.165) is 11.0 Å². The van der Waals surface area contributed by atoms with Crippen LogP contribution in [0.5, 0.6) is 0 Å². The highest BCUT2D eigenvalue weighted by Crippen LogP contribution is 2.40. The summed E-state index contributed by atoms with van der Waals surface area (Å²) in [4.78, 5) is 62.5. The van der Waals surface area contributed by atoms with Gasteiger partial charge in [0.1, 0.15) is 0 Å². The number of imide groups is 1. The van der Waals surface area contributed by atoms with E-state index >= 15 is 0 Å². The monoisotopic (exact) mass is 462 g/mol. The summed E-state index contributed by atoms with van der Waals surface area (Å²) in [7, 11) is 0. The number of nitro benzene ring substituents is 1. The molecule has 1 fully saturated rings. The highest BCUT2D eigenvalue weighted by molar-refractivity contribution is 6.22. The number of carbonyl (C=O) groups excluding carboxylic acids is 4. The van der Waals surface area contributed by atoms with Crippen LogP contribution in [0.3, 0.4) is 0 Å². The Balaban J connectivity index is 1.47. The van der Waals surface area contributed by atoms with Crippen LogP contribution in [0.1, 0.15) is 39.6 Å². The fraction of sp³-hybridized carbons (Fsp3) is 0.280. The molecule has 0 N–H and O–H groups in total. The van der Waals surface area contributed by atoms with Gasteiger partial charge in [-0.1, -0.05) is 37.3 Å². The average Bonchev–Trinajstić information content (AvgIpc) is 3.08. The van der Waals surface area contributed by atoms with Gasteiger partial charge < -0.3 is 4.74 Å². The summed E-state index contributed by atoms with van der Waals surface area (Å²) in [6.45, 7) is 2.84. The highest BCUT2D eigenvalue weighted by Gasteiger charge is 2.50. The van der Waals surface area contributed by atoms with Crippen molar-refractivity contribution >= 4 is 34.9 Å². The van der Waals surface area contributed by atoms with Crippen LogP contribution in [-0.4, -0.2) is 35.1 Å². The number of fused-ring (bicyclic) bond motifs is 1. The molecule has 4 rings (SSSR count). The number of ketones is 1. The third-order valence-corrected chi connectivity index (χ3v) is 6.27. The maximum atomic E-state index is 13.0. The van der Waals surface area contributed by atoms with E-state index in [0.29, 0.717) is 12.0 Å². The first-order chi connectivity index (χ1) is 16.2. The number of hydrogen-bond acceptors (Lipinski definition) is 7. The highest BCUT2D eigenvalue weighted by atomic mass is 16.6. The molecule has 34 heavy (non-hydrogen) atoms. The number of nitrogens with zero attached hydrogens (tertiary/aromatic N) is 2. The predicted molar refractivity (Wildman–Crippen MR) is 121 cm³/mol. The lowest BCUT2D eigenvalue weighted by Gasteiger charge is -2.22. The molecule has 3 atom stereocenters. The second-order valence-electron chi connectivity index (χ2n) is 8.48. The van der Waals surface area contributed by atoms with Crippen LogP contribution in [0.25, 0.3) is 0 Å². The summed E-state index contributed by atoms with van der Waals surface area (Å²) in [5.74, 6) is -2.91. The van der Waals surface area contributed by atoms with Crippen molar-refractivity contribution in [2.45, 2.75) is 20.3 Å². The minimum Gasteiger partial charge on any atom is -0.454 e. The van der Waals surface area contributed by atoms with Gasteiger partial charge >= 0.3 is 5.97 Å². The normalized spacial score (nSPS) is 21.4. The van der Waals surface area contributed by atoms with E-state index < -0.39 is 35.1 Å². The van der Waals surface area contributed by atoms with Gasteiger partial charge in [-0.15, -0.1) is 0 Å². The number of esters is 1. The Labute approximate surface area is 195 Å². The molecular weight excluding hydrogens is 440 g/mol. The van der Waals surface area contributed by atoms with Gasteiger partial charge in [0.15, 0.2) is 6.61 Å². The number of aryl methyl sites for hydroxylation is 1. The zero-order chi connectivity index (χ0) is 24.6. The first-order valence-electron chi connectivity index (χ1n) is 10.8. The Morgan fingerprint density at radius 2 is 1.88 bits per heavy atom. The lowest BCUT2D eigenvalue weighted by atomic mass is 9.78. The minimum atomic E-state index is -0.816. The molecule has 0 radical (unpaired) electrons. The summed E-state index contributed by atoms with van der Waals surface area (Å²) in [5, 5.41) is 11.1. The van der Waals surface area contributed by atoms with E-state index in [1.807, 2.05) is 19.1 Å². The molecule has 174 valence electrons. The van der Waals surface area contributed by atoms with Crippen LogP contribution in [-0.2, 0) is 14.3 Å². The van der Waals surface area contributed by atoms with Crippen LogP contribution in [0, 0.1) is 34.8 Å². The van der Waals surface area contributed by atoms with Gasteiger partial charge in [0.2, 0.25) is 17.6 Å². The van der Waals surface area contributed by atoms with Crippen molar-refractivity contribution in [3.63, 3.8) is 0 Å². The second-order valence-corrected chi connectivity index (χ2v) is 8.48. The smallest absolute Gasteiger partial charge is 0.338 e. The van der Waals surface area contributed by atoms with Crippen molar-refractivity contribution in [1.29, 1.82) is 0 Å². The molecule has 9 nitrogen and oxygen atoms in total. The lowest BCUT2D eigenvalue weighted by molar-refractivity contribution is -0.385. The van der Waals surface area contributed by atoms with Gasteiger partial charge in [0.05, 0.1) is 28.0 Å². The van der Waals surface area contributed by atoms with E-state index in [1.54, 1.807) is 13.0 Å². The molecule has 0 aromatic heterocycles. The Hall–Kier alpha value is -4.14. The summed E-state index contributed by atoms with van der Waals surface area (Å²) in [6.07, 6.45) is 4.34. The molecule has 1 saturated heterocycles. The molecule has 2 aromatic rings. The fourth-order valence-corrected chi connectivity index (χ4v) is 4.45. The number of hydrogen-bond donors (Lipinski definition) is 0. The van der Waals surface area contributed by atoms with E-state index in [1.165, 1.54) is 30.3 Å². The standard InChI is InChI=1S/C25H22N2O7/c1-14-9-10-16(12-20(14)27(32)33)21(28)13-34-25(31)17-6-4-7-18(11-17)26-23(29)19-8-3-5-15(2)22(19)24(26)30/h3-7,9-12,15,19,22H,8,13H2,1-2H3/t15-,19-,22-/m1/s1. The molecule has 2 aliphatic rings. The van der Waals surface area contributed by atoms with Crippen LogP contribution in [0.15, 0.2) is 54.6 Å². The first kappa shape index (κ1) is 23.0. The molecule has 0 bridgehead atoms. The van der Waals surface area contributed by atoms with Crippen LogP contribution < -0.4 is 4.90 Å². The SMILES string of the molecule is Cc1ccc(C(=O)COC(=O)c2cccc(N3C(=O)[C@@H]4[C@H](C)C=CC[C@H]4C3=O)c2)cc1[N+](=O)[O-]. The van der Waals surface area contributed by atoms with Crippen molar-refractivity contribution in [3.05, 3.63) is 81.4 Å². The number of nitro groups is 1. The Morgan fingerprint density at radius 1 is 1.12 bits per heavy atom. The summed E-state index contributed by atoms with van der Waals surface area (Å²) in [6, 6.07) is 9.96. The molecule has 2 aromatic carbocycles. The van der Waals surface area contributed by atoms with Crippen molar-refractivity contribution in [3.8, 4) is 0 Å². The van der Waals surface area contributed by atoms with E-state index in [4.69, 9.17) is 4.74 Å². The molecule has 2 amide bonds. The molecule has 1 aliphatic carbocycles. The van der Waals surface area contributed by atoms with Crippen molar-refractivity contribution in [2.24, 2.45) is 17.8 Å². The van der Waals surface area contributed by atoms with Crippen molar-refractivity contribution in [1.82, 2.24) is 0 Å². The van der Waals surface area contributed by atoms with Gasteiger partial charge in [-0.25, -0.2) is 4.79 Å². The molecule has 0 spiro atoms. The number of ether oxygens (including phenoxy) is 1. The van der Waals surface area contributed by atoms with Crippen LogP contribution in [0.2, 0.25) is 0 Å². The van der Waals surface area contributed by atoms with Gasteiger partial charge in [-0.2, -0.15) is 0 Å². The van der Waals surface area contributed by atoms with E-state index in [-0.39, 0.29) is 40.2 Å². The number of amides is 2. The van der Waals surface area contributed by atoms with Crippen molar-refractivity contribution in [2.75, 3.05) is 11.5 Å². The minimum absolute atomic E-state index is 0.0532. The van der Waals surface area contributed by atoms with E-state index in [2.05, 4.69) is 0 Å². The number of anilines is 1. The summed E-state index contributed by atoms with van der Waals surface area (Å²) >= 11 is 0. The predicted octanol–water partition coefficient (Wildman–Crippen LogP) is 3.64. The number of carbonyl (C=O) groups is 4. The maximum absolute atomic E-state index is 13.0. The molecule has 1 heterocycles. The summed E-state index contributed by atoms with van der Waals surface area (Å²) in [5.41, 5.74) is 0.604. The van der Waals surface area contributed by atoms with Crippen LogP contribution in [0.4, 0.5) is 11.4 Å². The third kappa shape index (κ3) is 4.12. The number of Topliss-reactive ketones (excluding diaryl/α,β-unsaturated/α-hetero) is 1. The molecular formula is C25H22N2O7. The average molecular weight is 462 g/mol.